The molecule has 0 aliphatic rings. The van der Waals surface area contributed by atoms with Gasteiger partial charge in [-0.3, -0.25) is 9.59 Å². The van der Waals surface area contributed by atoms with Gasteiger partial charge in [0.05, 0.1) is 13.0 Å². The molecule has 2 amide bonds. The van der Waals surface area contributed by atoms with Gasteiger partial charge in [0.25, 0.3) is 0 Å². The van der Waals surface area contributed by atoms with Crippen molar-refractivity contribution in [1.29, 1.82) is 0 Å². The van der Waals surface area contributed by atoms with Crippen molar-refractivity contribution < 1.29 is 14.0 Å². The van der Waals surface area contributed by atoms with Crippen molar-refractivity contribution in [2.45, 2.75) is 12.8 Å². The predicted octanol–water partition coefficient (Wildman–Crippen LogP) is 2.50. The summed E-state index contributed by atoms with van der Waals surface area (Å²) in [5.41, 5.74) is 1.63. The Hall–Kier alpha value is -2.40. The maximum Gasteiger partial charge on any atom is 0.239 e. The van der Waals surface area contributed by atoms with E-state index >= 15 is 0 Å². The van der Waals surface area contributed by atoms with Crippen LogP contribution >= 0.6 is 11.6 Å². The van der Waals surface area contributed by atoms with E-state index in [0.717, 1.165) is 5.56 Å². The van der Waals surface area contributed by atoms with E-state index in [4.69, 9.17) is 11.6 Å². The molecular formula is C18H18ClFN2O2. The van der Waals surface area contributed by atoms with Crippen LogP contribution in [0.4, 0.5) is 4.39 Å². The summed E-state index contributed by atoms with van der Waals surface area (Å²) in [7, 11) is 0. The number of rotatable bonds is 7. The summed E-state index contributed by atoms with van der Waals surface area (Å²) in [6.45, 7) is 0.370. The minimum Gasteiger partial charge on any atom is -0.354 e. The fourth-order valence-electron chi connectivity index (χ4n) is 2.13. The predicted molar refractivity (Wildman–Crippen MR) is 91.3 cm³/mol. The third-order valence-electron chi connectivity index (χ3n) is 3.35. The minimum atomic E-state index is -0.389. The maximum atomic E-state index is 13.0. The Morgan fingerprint density at radius 1 is 0.958 bits per heavy atom. The third-order valence-corrected chi connectivity index (χ3v) is 3.60. The SMILES string of the molecule is O=C(CNC(=O)Cc1cccc(F)c1)NCCc1ccc(Cl)cc1. The first-order valence-electron chi connectivity index (χ1n) is 7.55. The quantitative estimate of drug-likeness (QED) is 0.807. The van der Waals surface area contributed by atoms with Gasteiger partial charge in [-0.05, 0) is 41.8 Å². The number of halogens is 2. The van der Waals surface area contributed by atoms with Gasteiger partial charge in [-0.15, -0.1) is 0 Å². The fraction of sp³-hybridized carbons (Fsp3) is 0.222. The van der Waals surface area contributed by atoms with Gasteiger partial charge in [0, 0.05) is 11.6 Å². The number of carbonyl (C=O) groups is 2. The number of benzene rings is 2. The van der Waals surface area contributed by atoms with Crippen LogP contribution in [0.15, 0.2) is 48.5 Å². The van der Waals surface area contributed by atoms with Crippen molar-refractivity contribution in [2.75, 3.05) is 13.1 Å². The van der Waals surface area contributed by atoms with E-state index in [9.17, 15) is 14.0 Å². The van der Waals surface area contributed by atoms with Crippen molar-refractivity contribution in [3.8, 4) is 0 Å². The standard InChI is InChI=1S/C18H18ClFN2O2/c19-15-6-4-13(5-7-15)8-9-21-18(24)12-22-17(23)11-14-2-1-3-16(20)10-14/h1-7,10H,8-9,11-12H2,(H,21,24)(H,22,23). The first-order chi connectivity index (χ1) is 11.5. The summed E-state index contributed by atoms with van der Waals surface area (Å²) in [4.78, 5) is 23.4. The second kappa shape index (κ2) is 9.03. The summed E-state index contributed by atoms with van der Waals surface area (Å²) in [6, 6.07) is 13.2. The van der Waals surface area contributed by atoms with Crippen LogP contribution in [0.5, 0.6) is 0 Å². The number of hydrogen-bond acceptors (Lipinski definition) is 2. The highest BCUT2D eigenvalue weighted by Gasteiger charge is 2.07. The molecule has 0 atom stereocenters. The maximum absolute atomic E-state index is 13.0. The summed E-state index contributed by atoms with van der Waals surface area (Å²) in [5, 5.41) is 5.91. The lowest BCUT2D eigenvalue weighted by atomic mass is 10.1. The van der Waals surface area contributed by atoms with E-state index in [1.54, 1.807) is 24.3 Å². The zero-order valence-electron chi connectivity index (χ0n) is 13.0. The lowest BCUT2D eigenvalue weighted by Gasteiger charge is -2.07. The van der Waals surface area contributed by atoms with E-state index in [1.807, 2.05) is 12.1 Å². The zero-order chi connectivity index (χ0) is 17.4. The van der Waals surface area contributed by atoms with Crippen molar-refractivity contribution >= 4 is 23.4 Å². The molecule has 126 valence electrons. The zero-order valence-corrected chi connectivity index (χ0v) is 13.8. The number of nitrogens with one attached hydrogen (secondary N) is 2. The van der Waals surface area contributed by atoms with Gasteiger partial charge in [0.1, 0.15) is 5.82 Å². The van der Waals surface area contributed by atoms with Crippen molar-refractivity contribution in [2.24, 2.45) is 0 Å². The first kappa shape index (κ1) is 17.9. The lowest BCUT2D eigenvalue weighted by Crippen LogP contribution is -2.38. The molecule has 2 aromatic rings. The Morgan fingerprint density at radius 3 is 2.42 bits per heavy atom. The highest BCUT2D eigenvalue weighted by atomic mass is 35.5. The van der Waals surface area contributed by atoms with Crippen LogP contribution in [0.2, 0.25) is 5.02 Å². The van der Waals surface area contributed by atoms with Crippen LogP contribution in [-0.4, -0.2) is 24.9 Å². The molecule has 0 saturated carbocycles. The van der Waals surface area contributed by atoms with Crippen LogP contribution in [-0.2, 0) is 22.4 Å². The topological polar surface area (TPSA) is 58.2 Å². The normalized spacial score (nSPS) is 10.2. The molecule has 0 aromatic heterocycles. The molecule has 2 aromatic carbocycles. The number of hydrogen-bond donors (Lipinski definition) is 2. The molecule has 0 fully saturated rings. The monoisotopic (exact) mass is 348 g/mol. The Balaban J connectivity index is 1.65. The molecule has 0 aliphatic heterocycles. The molecule has 4 nitrogen and oxygen atoms in total. The highest BCUT2D eigenvalue weighted by molar-refractivity contribution is 6.30. The molecule has 0 radical (unpaired) electrons. The minimum absolute atomic E-state index is 0.0375. The van der Waals surface area contributed by atoms with Gasteiger partial charge in [-0.25, -0.2) is 4.39 Å². The molecular weight excluding hydrogens is 331 g/mol. The number of amides is 2. The third kappa shape index (κ3) is 6.38. The van der Waals surface area contributed by atoms with Gasteiger partial charge in [0.15, 0.2) is 0 Å². The van der Waals surface area contributed by atoms with Gasteiger partial charge >= 0.3 is 0 Å². The Bertz CT molecular complexity index is 704. The molecule has 0 aliphatic carbocycles. The Labute approximate surface area is 145 Å². The molecule has 0 heterocycles. The molecule has 0 bridgehead atoms. The molecule has 24 heavy (non-hydrogen) atoms. The highest BCUT2D eigenvalue weighted by Crippen LogP contribution is 2.09. The van der Waals surface area contributed by atoms with Crippen LogP contribution in [0.3, 0.4) is 0 Å². The van der Waals surface area contributed by atoms with Crippen LogP contribution in [0.1, 0.15) is 11.1 Å². The van der Waals surface area contributed by atoms with Gasteiger partial charge in [-0.1, -0.05) is 35.9 Å². The van der Waals surface area contributed by atoms with Gasteiger partial charge in [-0.2, -0.15) is 0 Å². The van der Waals surface area contributed by atoms with Gasteiger partial charge < -0.3 is 10.6 Å². The molecule has 0 spiro atoms. The largest absolute Gasteiger partial charge is 0.354 e. The van der Waals surface area contributed by atoms with E-state index < -0.39 is 0 Å². The average Bonchev–Trinajstić information content (AvgIpc) is 2.55. The first-order valence-corrected chi connectivity index (χ1v) is 7.93. The van der Waals surface area contributed by atoms with Crippen LogP contribution in [0, 0.1) is 5.82 Å². The Kier molecular flexibility index (Phi) is 6.75. The van der Waals surface area contributed by atoms with E-state index in [2.05, 4.69) is 10.6 Å². The Morgan fingerprint density at radius 2 is 1.71 bits per heavy atom. The average molecular weight is 349 g/mol. The lowest BCUT2D eigenvalue weighted by molar-refractivity contribution is -0.125. The second-order valence-corrected chi connectivity index (χ2v) is 5.75. The fourth-order valence-corrected chi connectivity index (χ4v) is 2.26. The molecule has 2 N–H and O–H groups in total. The molecule has 6 heteroatoms. The summed E-state index contributed by atoms with van der Waals surface area (Å²) in [6.07, 6.45) is 0.718. The second-order valence-electron chi connectivity index (χ2n) is 5.31. The van der Waals surface area contributed by atoms with E-state index in [0.29, 0.717) is 23.6 Å². The summed E-state index contributed by atoms with van der Waals surface area (Å²) < 4.78 is 13.0. The van der Waals surface area contributed by atoms with Crippen LogP contribution in [0.25, 0.3) is 0 Å². The van der Waals surface area contributed by atoms with Crippen molar-refractivity contribution in [1.82, 2.24) is 10.6 Å². The summed E-state index contributed by atoms with van der Waals surface area (Å²) in [5.74, 6) is -0.981. The van der Waals surface area contributed by atoms with E-state index in [1.165, 1.54) is 12.1 Å². The van der Waals surface area contributed by atoms with Crippen molar-refractivity contribution in [3.63, 3.8) is 0 Å². The molecule has 2 rings (SSSR count). The van der Waals surface area contributed by atoms with Gasteiger partial charge in [0.2, 0.25) is 11.8 Å². The smallest absolute Gasteiger partial charge is 0.239 e. The van der Waals surface area contributed by atoms with E-state index in [-0.39, 0.29) is 30.6 Å². The number of carbonyl (C=O) groups excluding carboxylic acids is 2. The van der Waals surface area contributed by atoms with Crippen molar-refractivity contribution in [3.05, 3.63) is 70.5 Å². The van der Waals surface area contributed by atoms with Crippen LogP contribution < -0.4 is 10.6 Å². The molecule has 0 saturated heterocycles. The molecule has 0 unspecified atom stereocenters. The summed E-state index contributed by atoms with van der Waals surface area (Å²) >= 11 is 5.80.